The first-order chi connectivity index (χ1) is 18.6. The molecule has 0 aliphatic heterocycles. The molecular formula is C31H28ClF3O3S. The maximum Gasteiger partial charge on any atom is 0.534 e. The van der Waals surface area contributed by atoms with E-state index >= 15 is 0 Å². The van der Waals surface area contributed by atoms with Crippen molar-refractivity contribution in [2.24, 2.45) is 0 Å². The van der Waals surface area contributed by atoms with Crippen LogP contribution >= 0.6 is 11.6 Å². The second-order valence-electron chi connectivity index (χ2n) is 9.31. The van der Waals surface area contributed by atoms with Gasteiger partial charge in [0.05, 0.1) is 5.02 Å². The molecule has 4 aromatic carbocycles. The molecule has 4 rings (SSSR count). The Morgan fingerprint density at radius 1 is 0.615 bits per heavy atom. The fourth-order valence-electron chi connectivity index (χ4n) is 4.35. The third-order valence-electron chi connectivity index (χ3n) is 6.39. The average molecular weight is 573 g/mol. The number of unbranched alkanes of at least 4 members (excludes halogenated alkanes) is 3. The van der Waals surface area contributed by atoms with Gasteiger partial charge in [-0.05, 0) is 77.3 Å². The minimum Gasteiger partial charge on any atom is -0.374 e. The number of hydrogen-bond donors (Lipinski definition) is 0. The van der Waals surface area contributed by atoms with Crippen LogP contribution in [0.1, 0.15) is 36.8 Å². The van der Waals surface area contributed by atoms with Crippen molar-refractivity contribution in [2.75, 3.05) is 0 Å². The standard InChI is InChI=1S/C31H28ClF3O3S/c32-29-22-28(18-19-30(29)38-39(36,37)31(33,34)35)27-17-9-16-26(21-27)25-15-8-14-24(20-25)13-5-2-1-4-10-23-11-6-3-7-12-23/h3,6-9,11-12,14-22H,1-2,4-5,10,13H2. The zero-order valence-electron chi connectivity index (χ0n) is 21.1. The van der Waals surface area contributed by atoms with E-state index in [2.05, 4.69) is 40.6 Å². The molecular weight excluding hydrogens is 545 g/mol. The predicted molar refractivity (Wildman–Crippen MR) is 150 cm³/mol. The van der Waals surface area contributed by atoms with Crippen molar-refractivity contribution < 1.29 is 25.8 Å². The van der Waals surface area contributed by atoms with Crippen LogP contribution in [0.5, 0.6) is 5.75 Å². The van der Waals surface area contributed by atoms with Crippen molar-refractivity contribution in [3.8, 4) is 28.0 Å². The highest BCUT2D eigenvalue weighted by Gasteiger charge is 2.48. The molecule has 0 N–H and O–H groups in total. The SMILES string of the molecule is O=S(=O)(Oc1ccc(-c2cccc(-c3cccc(CCCCCCc4ccccc4)c3)c2)cc1Cl)C(F)(F)F. The zero-order valence-corrected chi connectivity index (χ0v) is 22.7. The van der Waals surface area contributed by atoms with E-state index in [4.69, 9.17) is 11.6 Å². The lowest BCUT2D eigenvalue weighted by Gasteiger charge is -2.12. The molecule has 0 amide bonds. The third kappa shape index (κ3) is 7.87. The van der Waals surface area contributed by atoms with Crippen LogP contribution < -0.4 is 4.18 Å². The van der Waals surface area contributed by atoms with E-state index in [0.717, 1.165) is 42.0 Å². The first-order valence-corrected chi connectivity index (χ1v) is 14.4. The summed E-state index contributed by atoms with van der Waals surface area (Å²) in [5, 5.41) is -0.239. The normalized spacial score (nSPS) is 11.9. The number of hydrogen-bond acceptors (Lipinski definition) is 3. The lowest BCUT2D eigenvalue weighted by atomic mass is 9.96. The molecule has 0 radical (unpaired) electrons. The average Bonchev–Trinajstić information content (AvgIpc) is 2.92. The molecule has 204 valence electrons. The minimum absolute atomic E-state index is 0.239. The van der Waals surface area contributed by atoms with Crippen molar-refractivity contribution >= 4 is 21.7 Å². The molecule has 39 heavy (non-hydrogen) atoms. The van der Waals surface area contributed by atoms with E-state index < -0.39 is 21.4 Å². The Bertz CT molecular complexity index is 1500. The summed E-state index contributed by atoms with van der Waals surface area (Å²) in [6, 6.07) is 30.6. The number of benzene rings is 4. The number of halogens is 4. The van der Waals surface area contributed by atoms with Crippen LogP contribution in [0.3, 0.4) is 0 Å². The van der Waals surface area contributed by atoms with E-state index in [-0.39, 0.29) is 5.02 Å². The van der Waals surface area contributed by atoms with Crippen LogP contribution in [0.2, 0.25) is 5.02 Å². The first kappa shape index (κ1) is 28.7. The molecule has 3 nitrogen and oxygen atoms in total. The lowest BCUT2D eigenvalue weighted by molar-refractivity contribution is -0.0500. The highest BCUT2D eigenvalue weighted by atomic mass is 35.5. The summed E-state index contributed by atoms with van der Waals surface area (Å²) in [6.45, 7) is 0. The van der Waals surface area contributed by atoms with Crippen molar-refractivity contribution in [3.63, 3.8) is 0 Å². The molecule has 8 heteroatoms. The summed E-state index contributed by atoms with van der Waals surface area (Å²) in [5.41, 5.74) is 0.535. The Balaban J connectivity index is 1.38. The highest BCUT2D eigenvalue weighted by Crippen LogP contribution is 2.35. The van der Waals surface area contributed by atoms with Gasteiger partial charge in [-0.2, -0.15) is 21.6 Å². The van der Waals surface area contributed by atoms with Gasteiger partial charge < -0.3 is 4.18 Å². The van der Waals surface area contributed by atoms with Crippen LogP contribution in [0.25, 0.3) is 22.3 Å². The van der Waals surface area contributed by atoms with Crippen molar-refractivity contribution in [1.29, 1.82) is 0 Å². The van der Waals surface area contributed by atoms with Crippen molar-refractivity contribution in [3.05, 3.63) is 113 Å². The number of alkyl halides is 3. The Hall–Kier alpha value is -3.29. The molecule has 0 bridgehead atoms. The predicted octanol–water partition coefficient (Wildman–Crippen LogP) is 9.25. The van der Waals surface area contributed by atoms with Crippen molar-refractivity contribution in [2.45, 2.75) is 44.0 Å². The molecule has 0 atom stereocenters. The quantitative estimate of drug-likeness (QED) is 0.102. The van der Waals surface area contributed by atoms with Gasteiger partial charge in [0.25, 0.3) is 0 Å². The number of rotatable bonds is 11. The maximum absolute atomic E-state index is 12.6. The summed E-state index contributed by atoms with van der Waals surface area (Å²) < 4.78 is 64.8. The van der Waals surface area contributed by atoms with E-state index in [9.17, 15) is 21.6 Å². The zero-order chi connectivity index (χ0) is 27.9. The largest absolute Gasteiger partial charge is 0.534 e. The van der Waals surface area contributed by atoms with E-state index in [1.165, 1.54) is 42.5 Å². The third-order valence-corrected chi connectivity index (χ3v) is 7.66. The fourth-order valence-corrected chi connectivity index (χ4v) is 5.10. The summed E-state index contributed by atoms with van der Waals surface area (Å²) in [5.74, 6) is -0.582. The number of aryl methyl sites for hydroxylation is 2. The molecule has 0 saturated heterocycles. The smallest absolute Gasteiger partial charge is 0.374 e. The molecule has 0 heterocycles. The highest BCUT2D eigenvalue weighted by molar-refractivity contribution is 7.88. The summed E-state index contributed by atoms with van der Waals surface area (Å²) in [6.07, 6.45) is 6.79. The topological polar surface area (TPSA) is 43.4 Å². The van der Waals surface area contributed by atoms with E-state index in [0.29, 0.717) is 5.56 Å². The van der Waals surface area contributed by atoms with Crippen LogP contribution in [0, 0.1) is 0 Å². The molecule has 0 spiro atoms. The van der Waals surface area contributed by atoms with Gasteiger partial charge in [0.2, 0.25) is 0 Å². The van der Waals surface area contributed by atoms with E-state index in [1.807, 2.05) is 42.5 Å². The van der Waals surface area contributed by atoms with Crippen molar-refractivity contribution in [1.82, 2.24) is 0 Å². The Kier molecular flexibility index (Phi) is 9.36. The minimum atomic E-state index is -5.81. The van der Waals surface area contributed by atoms with Gasteiger partial charge in [0.1, 0.15) is 0 Å². The van der Waals surface area contributed by atoms with Crippen LogP contribution in [-0.2, 0) is 23.0 Å². The Labute approximate surface area is 232 Å². The molecule has 0 fully saturated rings. The van der Waals surface area contributed by atoms with Gasteiger partial charge >= 0.3 is 15.6 Å². The van der Waals surface area contributed by atoms with E-state index in [1.54, 1.807) is 0 Å². The summed E-state index contributed by atoms with van der Waals surface area (Å²) >= 11 is 6.07. The molecule has 0 aliphatic rings. The van der Waals surface area contributed by atoms with Gasteiger partial charge in [0, 0.05) is 0 Å². The fraction of sp³-hybridized carbons (Fsp3) is 0.226. The maximum atomic E-state index is 12.6. The monoisotopic (exact) mass is 572 g/mol. The summed E-state index contributed by atoms with van der Waals surface area (Å²) in [4.78, 5) is 0. The molecule has 0 aliphatic carbocycles. The van der Waals surface area contributed by atoms with Crippen LogP contribution in [0.4, 0.5) is 13.2 Å². The van der Waals surface area contributed by atoms with Gasteiger partial charge in [-0.3, -0.25) is 0 Å². The molecule has 0 saturated carbocycles. The van der Waals surface area contributed by atoms with Gasteiger partial charge in [-0.1, -0.05) is 103 Å². The van der Waals surface area contributed by atoms with Gasteiger partial charge in [-0.15, -0.1) is 0 Å². The van der Waals surface area contributed by atoms with Gasteiger partial charge in [0.15, 0.2) is 5.75 Å². The van der Waals surface area contributed by atoms with Crippen LogP contribution in [0.15, 0.2) is 97.1 Å². The van der Waals surface area contributed by atoms with Gasteiger partial charge in [-0.25, -0.2) is 0 Å². The second-order valence-corrected chi connectivity index (χ2v) is 11.3. The molecule has 0 unspecified atom stereocenters. The lowest BCUT2D eigenvalue weighted by Crippen LogP contribution is -2.28. The Morgan fingerprint density at radius 2 is 1.15 bits per heavy atom. The Morgan fingerprint density at radius 3 is 1.77 bits per heavy atom. The first-order valence-electron chi connectivity index (χ1n) is 12.7. The molecule has 0 aromatic heterocycles. The molecule has 4 aromatic rings. The van der Waals surface area contributed by atoms with Crippen LogP contribution in [-0.4, -0.2) is 13.9 Å². The summed E-state index contributed by atoms with van der Waals surface area (Å²) in [7, 11) is -5.81. The second kappa shape index (κ2) is 12.7.